The number of nitrogen functional groups attached to an aromatic ring is 1. The molecule has 4 heterocycles. The van der Waals surface area contributed by atoms with E-state index < -0.39 is 11.8 Å². The Morgan fingerprint density at radius 3 is 2.38 bits per heavy atom. The monoisotopic (exact) mass is 569 g/mol. The van der Waals surface area contributed by atoms with E-state index in [2.05, 4.69) is 52.9 Å². The Bertz CT molecular complexity index is 1740. The van der Waals surface area contributed by atoms with Crippen LogP contribution in [-0.4, -0.2) is 73.6 Å². The Morgan fingerprint density at radius 1 is 0.881 bits per heavy atom. The van der Waals surface area contributed by atoms with Gasteiger partial charge in [0.25, 0.3) is 0 Å². The average Bonchev–Trinajstić information content (AvgIpc) is 3.39. The minimum absolute atomic E-state index is 0.0553. The zero-order valence-electron chi connectivity index (χ0n) is 23.5. The normalized spacial score (nSPS) is 20.4. The molecule has 1 aliphatic heterocycles. The van der Waals surface area contributed by atoms with Gasteiger partial charge in [-0.1, -0.05) is 12.1 Å². The number of halogens is 2. The first-order chi connectivity index (χ1) is 20.4. The lowest BCUT2D eigenvalue weighted by molar-refractivity contribution is 0.0828. The maximum absolute atomic E-state index is 14.5. The molecule has 216 valence electrons. The summed E-state index contributed by atoms with van der Waals surface area (Å²) in [5.74, 6) is -0.685. The van der Waals surface area contributed by atoms with E-state index in [1.807, 2.05) is 24.3 Å². The molecule has 0 unspecified atom stereocenters. The first-order valence-corrected chi connectivity index (χ1v) is 14.5. The molecule has 42 heavy (non-hydrogen) atoms. The number of anilines is 3. The molecule has 0 atom stereocenters. The van der Waals surface area contributed by atoms with E-state index in [1.54, 1.807) is 0 Å². The second-order valence-electron chi connectivity index (χ2n) is 11.4. The van der Waals surface area contributed by atoms with Gasteiger partial charge in [0, 0.05) is 61.8 Å². The zero-order chi connectivity index (χ0) is 28.8. The summed E-state index contributed by atoms with van der Waals surface area (Å²) in [6.07, 6.45) is 8.24. The van der Waals surface area contributed by atoms with Crippen LogP contribution in [0.3, 0.4) is 0 Å². The predicted molar refractivity (Wildman–Crippen MR) is 160 cm³/mol. The summed E-state index contributed by atoms with van der Waals surface area (Å²) in [4.78, 5) is 22.2. The maximum Gasteiger partial charge on any atom is 0.230 e. The molecule has 11 heteroatoms. The molecule has 5 aromatic rings. The molecule has 1 aliphatic carbocycles. The van der Waals surface area contributed by atoms with Gasteiger partial charge in [-0.3, -0.25) is 4.90 Å². The van der Waals surface area contributed by atoms with Crippen LogP contribution in [0.15, 0.2) is 55.0 Å². The number of likely N-dealkylation sites (N-methyl/N-ethyl adjacent to an activating group) is 1. The van der Waals surface area contributed by atoms with Crippen LogP contribution in [0, 0.1) is 11.8 Å². The summed E-state index contributed by atoms with van der Waals surface area (Å²) >= 11 is 0. The van der Waals surface area contributed by atoms with Crippen LogP contribution in [-0.2, 0) is 0 Å². The number of nitrogens with zero attached hydrogens (tertiary/aromatic N) is 7. The topological polar surface area (TPSA) is 101 Å². The van der Waals surface area contributed by atoms with Crippen molar-refractivity contribution in [1.82, 2.24) is 34.3 Å². The molecule has 0 bridgehead atoms. The summed E-state index contributed by atoms with van der Waals surface area (Å²) in [6, 6.07) is 12.4. The van der Waals surface area contributed by atoms with Crippen LogP contribution >= 0.6 is 0 Å². The van der Waals surface area contributed by atoms with Gasteiger partial charge in [0.2, 0.25) is 11.9 Å². The van der Waals surface area contributed by atoms with Gasteiger partial charge in [0.15, 0.2) is 0 Å². The quantitative estimate of drug-likeness (QED) is 0.272. The highest BCUT2D eigenvalue weighted by Crippen LogP contribution is 2.39. The lowest BCUT2D eigenvalue weighted by atomic mass is 9.89. The van der Waals surface area contributed by atoms with Crippen LogP contribution in [0.2, 0.25) is 0 Å². The molecule has 2 fully saturated rings. The van der Waals surface area contributed by atoms with Crippen molar-refractivity contribution < 1.29 is 8.78 Å². The second-order valence-corrected chi connectivity index (χ2v) is 11.4. The molecule has 0 spiro atoms. The van der Waals surface area contributed by atoms with Crippen LogP contribution in [0.4, 0.5) is 26.2 Å². The molecular weight excluding hydrogens is 536 g/mol. The van der Waals surface area contributed by atoms with E-state index in [9.17, 15) is 8.78 Å². The second kappa shape index (κ2) is 10.9. The molecule has 0 amide bonds. The van der Waals surface area contributed by atoms with E-state index in [1.165, 1.54) is 37.4 Å². The highest BCUT2D eigenvalue weighted by Gasteiger charge is 2.30. The highest BCUT2D eigenvalue weighted by molar-refractivity contribution is 6.00. The molecular formula is C31H33F2N9. The Kier molecular flexibility index (Phi) is 6.91. The number of hydrogen-bond acceptors (Lipinski definition) is 8. The third kappa shape index (κ3) is 5.03. The lowest BCUT2D eigenvalue weighted by Crippen LogP contribution is -2.49. The van der Waals surface area contributed by atoms with Crippen LogP contribution in [0.5, 0.6) is 0 Å². The van der Waals surface area contributed by atoms with Gasteiger partial charge in [-0.2, -0.15) is 9.37 Å². The van der Waals surface area contributed by atoms with Crippen molar-refractivity contribution in [2.24, 2.45) is 0 Å². The summed E-state index contributed by atoms with van der Waals surface area (Å²) in [5.41, 5.74) is 10.1. The van der Waals surface area contributed by atoms with Crippen LogP contribution in [0.1, 0.15) is 31.7 Å². The molecule has 0 radical (unpaired) electrons. The Balaban J connectivity index is 1.13. The molecule has 9 nitrogen and oxygen atoms in total. The van der Waals surface area contributed by atoms with Gasteiger partial charge in [-0.25, -0.2) is 19.3 Å². The number of rotatable bonds is 5. The molecule has 1 saturated heterocycles. The average molecular weight is 570 g/mol. The fraction of sp³-hybridized carbons (Fsp3) is 0.355. The van der Waals surface area contributed by atoms with Crippen molar-refractivity contribution in [2.75, 3.05) is 44.3 Å². The molecule has 3 aromatic heterocycles. The highest BCUT2D eigenvalue weighted by atomic mass is 19.1. The minimum Gasteiger partial charge on any atom is -0.383 e. The molecule has 2 aliphatic rings. The number of fused-ring (bicyclic) bond motifs is 2. The maximum atomic E-state index is 14.5. The number of hydrogen-bond donors (Lipinski definition) is 2. The fourth-order valence-electron chi connectivity index (χ4n) is 6.48. The zero-order valence-corrected chi connectivity index (χ0v) is 23.5. The van der Waals surface area contributed by atoms with E-state index >= 15 is 0 Å². The third-order valence-electron chi connectivity index (χ3n) is 8.82. The van der Waals surface area contributed by atoms with Gasteiger partial charge in [0.05, 0.1) is 16.3 Å². The predicted octanol–water partition coefficient (Wildman–Crippen LogP) is 5.38. The molecule has 3 N–H and O–H groups in total. The van der Waals surface area contributed by atoms with Gasteiger partial charge >= 0.3 is 0 Å². The van der Waals surface area contributed by atoms with Crippen molar-refractivity contribution >= 4 is 39.4 Å². The number of nitrogens with one attached hydrogen (secondary N) is 1. The first-order valence-electron chi connectivity index (χ1n) is 14.5. The fourth-order valence-corrected chi connectivity index (χ4v) is 6.48. The molecule has 1 saturated carbocycles. The van der Waals surface area contributed by atoms with Crippen molar-refractivity contribution in [3.05, 3.63) is 66.8 Å². The van der Waals surface area contributed by atoms with Crippen molar-refractivity contribution in [3.8, 4) is 11.1 Å². The van der Waals surface area contributed by atoms with Crippen LogP contribution < -0.4 is 11.1 Å². The first kappa shape index (κ1) is 26.7. The number of benzene rings is 2. The summed E-state index contributed by atoms with van der Waals surface area (Å²) in [5, 5.41) is 4.04. The summed E-state index contributed by atoms with van der Waals surface area (Å²) < 4.78 is 30.5. The van der Waals surface area contributed by atoms with Crippen molar-refractivity contribution in [3.63, 3.8) is 0 Å². The minimum atomic E-state index is -0.708. The summed E-state index contributed by atoms with van der Waals surface area (Å²) in [6.45, 7) is 4.58. The Morgan fingerprint density at radius 2 is 1.62 bits per heavy atom. The SMILES string of the molecule is CN1CCN(C2CCC(n3cc(-c4ccc(Nc5nc(F)c6ccc(F)cc6n5)cc4)c4c(N)ncnc43)CC2)CC1. The van der Waals surface area contributed by atoms with Crippen molar-refractivity contribution in [1.29, 1.82) is 0 Å². The standard InChI is InChI=1S/C31H33F2N9/c1-40-12-14-41(15-13-40)22-7-9-23(10-8-22)42-17-25(27-29(34)35-18-36-30(27)42)19-2-5-21(6-3-19)37-31-38-26-16-20(32)4-11-24(26)28(33)39-31/h2-6,11,16-18,22-23H,7-10,12-15H2,1H3,(H2,34,35,36)(H,37,38,39). The van der Waals surface area contributed by atoms with Gasteiger partial charge in [0.1, 0.15) is 23.6 Å². The van der Waals surface area contributed by atoms with Gasteiger partial charge in [-0.15, -0.1) is 0 Å². The van der Waals surface area contributed by atoms with Gasteiger partial charge in [-0.05, 0) is 62.6 Å². The van der Waals surface area contributed by atoms with E-state index in [4.69, 9.17) is 5.73 Å². The number of nitrogens with two attached hydrogens (primary N) is 1. The van der Waals surface area contributed by atoms with E-state index in [0.29, 0.717) is 23.6 Å². The largest absolute Gasteiger partial charge is 0.383 e. The lowest BCUT2D eigenvalue weighted by Gasteiger charge is -2.41. The summed E-state index contributed by atoms with van der Waals surface area (Å²) in [7, 11) is 2.20. The van der Waals surface area contributed by atoms with E-state index in [0.717, 1.165) is 61.2 Å². The number of aromatic nitrogens is 5. The van der Waals surface area contributed by atoms with Crippen LogP contribution in [0.25, 0.3) is 33.1 Å². The Labute approximate surface area is 242 Å². The van der Waals surface area contributed by atoms with Crippen molar-refractivity contribution in [2.45, 2.75) is 37.8 Å². The smallest absolute Gasteiger partial charge is 0.230 e. The molecule has 7 rings (SSSR count). The van der Waals surface area contributed by atoms with E-state index in [-0.39, 0.29) is 16.9 Å². The third-order valence-corrected chi connectivity index (χ3v) is 8.82. The van der Waals surface area contributed by atoms with Gasteiger partial charge < -0.3 is 20.5 Å². The Hall–Kier alpha value is -4.22. The number of piperazine rings is 1. The molecule has 2 aromatic carbocycles.